The second-order valence-corrected chi connectivity index (χ2v) is 5.37. The molecule has 0 aromatic carbocycles. The Morgan fingerprint density at radius 2 is 1.64 bits per heavy atom. The standard InChI is InChI=1S/C10H18O3S.C6H14O2/c1-13-10(12)7-5-3-2-4-6-9(14)8-11;1-4-7-6(3)8-5-2/h8-9,14H,2-7H2,1H3;6H,4-5H2,1-3H3. The summed E-state index contributed by atoms with van der Waals surface area (Å²) in [6, 6.07) is 0. The van der Waals surface area contributed by atoms with Gasteiger partial charge in [0, 0.05) is 19.6 Å². The molecule has 5 nitrogen and oxygen atoms in total. The van der Waals surface area contributed by atoms with Gasteiger partial charge in [-0.25, -0.2) is 0 Å². The number of hydrogen-bond acceptors (Lipinski definition) is 6. The van der Waals surface area contributed by atoms with Crippen molar-refractivity contribution in [2.45, 2.75) is 70.8 Å². The lowest BCUT2D eigenvalue weighted by Gasteiger charge is -2.09. The fourth-order valence-electron chi connectivity index (χ4n) is 1.66. The Labute approximate surface area is 140 Å². The maximum atomic E-state index is 10.7. The molecular weight excluding hydrogens is 304 g/mol. The molecule has 0 amide bonds. The molecular formula is C16H32O5S. The van der Waals surface area contributed by atoms with Crippen molar-refractivity contribution in [3.05, 3.63) is 0 Å². The van der Waals surface area contributed by atoms with Gasteiger partial charge in [0.25, 0.3) is 0 Å². The van der Waals surface area contributed by atoms with Crippen molar-refractivity contribution in [1.29, 1.82) is 0 Å². The Balaban J connectivity index is 0. The first kappa shape index (κ1) is 23.7. The van der Waals surface area contributed by atoms with Gasteiger partial charge in [0.2, 0.25) is 0 Å². The molecule has 0 rings (SSSR count). The highest BCUT2D eigenvalue weighted by Gasteiger charge is 2.01. The molecule has 0 fully saturated rings. The number of methoxy groups -OCH3 is 1. The molecule has 0 aliphatic rings. The SMILES string of the molecule is CCOC(C)OCC.COC(=O)CCCCCCC(S)C=O. The van der Waals surface area contributed by atoms with Gasteiger partial charge in [-0.2, -0.15) is 12.6 Å². The first-order valence-corrected chi connectivity index (χ1v) is 8.46. The van der Waals surface area contributed by atoms with E-state index in [0.717, 1.165) is 51.6 Å². The van der Waals surface area contributed by atoms with Crippen LogP contribution in [-0.4, -0.2) is 44.1 Å². The lowest BCUT2D eigenvalue weighted by molar-refractivity contribution is -0.140. The first-order chi connectivity index (χ1) is 10.5. The highest BCUT2D eigenvalue weighted by molar-refractivity contribution is 7.81. The highest BCUT2D eigenvalue weighted by atomic mass is 32.1. The number of carbonyl (C=O) groups excluding carboxylic acids is 2. The predicted octanol–water partition coefficient (Wildman–Crippen LogP) is 3.40. The summed E-state index contributed by atoms with van der Waals surface area (Å²) in [6.45, 7) is 7.25. The monoisotopic (exact) mass is 336 g/mol. The first-order valence-electron chi connectivity index (χ1n) is 7.95. The third kappa shape index (κ3) is 19.4. The third-order valence-electron chi connectivity index (χ3n) is 2.82. The summed E-state index contributed by atoms with van der Waals surface area (Å²) in [5, 5.41) is -0.129. The number of aldehydes is 1. The Kier molecular flexibility index (Phi) is 19.9. The van der Waals surface area contributed by atoms with Crippen LogP contribution in [0.3, 0.4) is 0 Å². The van der Waals surface area contributed by atoms with E-state index in [4.69, 9.17) is 9.47 Å². The molecule has 0 N–H and O–H groups in total. The number of carbonyl (C=O) groups is 2. The van der Waals surface area contributed by atoms with Crippen molar-refractivity contribution in [3.8, 4) is 0 Å². The summed E-state index contributed by atoms with van der Waals surface area (Å²) < 4.78 is 14.6. The second-order valence-electron chi connectivity index (χ2n) is 4.71. The molecule has 0 aromatic heterocycles. The van der Waals surface area contributed by atoms with Crippen molar-refractivity contribution < 1.29 is 23.8 Å². The van der Waals surface area contributed by atoms with E-state index in [2.05, 4.69) is 17.4 Å². The minimum Gasteiger partial charge on any atom is -0.469 e. The number of unbranched alkanes of at least 4 members (excludes halogenated alkanes) is 3. The van der Waals surface area contributed by atoms with Crippen LogP contribution in [0.25, 0.3) is 0 Å². The van der Waals surface area contributed by atoms with Crippen molar-refractivity contribution >= 4 is 24.9 Å². The van der Waals surface area contributed by atoms with Crippen molar-refractivity contribution in [3.63, 3.8) is 0 Å². The summed E-state index contributed by atoms with van der Waals surface area (Å²) in [4.78, 5) is 20.9. The molecule has 6 heteroatoms. The van der Waals surface area contributed by atoms with E-state index in [9.17, 15) is 9.59 Å². The van der Waals surface area contributed by atoms with Crippen LogP contribution < -0.4 is 0 Å². The summed E-state index contributed by atoms with van der Waals surface area (Å²) in [5.41, 5.74) is 0. The van der Waals surface area contributed by atoms with Gasteiger partial charge in [0.15, 0.2) is 6.29 Å². The van der Waals surface area contributed by atoms with Crippen LogP contribution in [0, 0.1) is 0 Å². The van der Waals surface area contributed by atoms with E-state index in [1.807, 2.05) is 20.8 Å². The molecule has 0 bridgehead atoms. The van der Waals surface area contributed by atoms with Gasteiger partial charge >= 0.3 is 5.97 Å². The van der Waals surface area contributed by atoms with Gasteiger partial charge in [-0.3, -0.25) is 4.79 Å². The molecule has 0 saturated heterocycles. The predicted molar refractivity (Wildman–Crippen MR) is 91.3 cm³/mol. The van der Waals surface area contributed by atoms with Crippen LogP contribution in [0.5, 0.6) is 0 Å². The Hall–Kier alpha value is -0.590. The van der Waals surface area contributed by atoms with Crippen LogP contribution >= 0.6 is 12.6 Å². The molecule has 0 saturated carbocycles. The summed E-state index contributed by atoms with van der Waals surface area (Å²) in [6.07, 6.45) is 6.05. The van der Waals surface area contributed by atoms with Crippen molar-refractivity contribution in [2.24, 2.45) is 0 Å². The zero-order valence-corrected chi connectivity index (χ0v) is 15.3. The fraction of sp³-hybridized carbons (Fsp3) is 0.875. The average molecular weight is 336 g/mol. The van der Waals surface area contributed by atoms with Gasteiger partial charge in [-0.05, 0) is 33.6 Å². The van der Waals surface area contributed by atoms with Crippen molar-refractivity contribution in [1.82, 2.24) is 0 Å². The zero-order chi connectivity index (χ0) is 17.2. The van der Waals surface area contributed by atoms with Gasteiger partial charge in [0.05, 0.1) is 12.4 Å². The Bertz CT molecular complexity index is 255. The summed E-state index contributed by atoms with van der Waals surface area (Å²) in [5.74, 6) is -0.148. The van der Waals surface area contributed by atoms with E-state index in [1.54, 1.807) is 0 Å². The molecule has 22 heavy (non-hydrogen) atoms. The van der Waals surface area contributed by atoms with Crippen LogP contribution in [0.1, 0.15) is 59.3 Å². The minimum atomic E-state index is -0.148. The maximum Gasteiger partial charge on any atom is 0.305 e. The zero-order valence-electron chi connectivity index (χ0n) is 14.4. The summed E-state index contributed by atoms with van der Waals surface area (Å²) in [7, 11) is 1.40. The number of thiol groups is 1. The number of esters is 1. The van der Waals surface area contributed by atoms with Crippen molar-refractivity contribution in [2.75, 3.05) is 20.3 Å². The maximum absolute atomic E-state index is 10.7. The number of rotatable bonds is 12. The molecule has 0 spiro atoms. The Morgan fingerprint density at radius 3 is 2.09 bits per heavy atom. The molecule has 1 atom stereocenters. The second kappa shape index (κ2) is 18.5. The number of ether oxygens (including phenoxy) is 3. The lowest BCUT2D eigenvalue weighted by atomic mass is 10.1. The van der Waals surface area contributed by atoms with Crippen LogP contribution in [0.15, 0.2) is 0 Å². The van der Waals surface area contributed by atoms with E-state index < -0.39 is 0 Å². The van der Waals surface area contributed by atoms with E-state index in [-0.39, 0.29) is 17.5 Å². The molecule has 1 unspecified atom stereocenters. The highest BCUT2D eigenvalue weighted by Crippen LogP contribution is 2.09. The average Bonchev–Trinajstić information content (AvgIpc) is 2.51. The third-order valence-corrected chi connectivity index (χ3v) is 3.20. The van der Waals surface area contributed by atoms with Crippen LogP contribution in [0.2, 0.25) is 0 Å². The molecule has 0 aliphatic carbocycles. The van der Waals surface area contributed by atoms with Crippen LogP contribution in [-0.2, 0) is 23.8 Å². The molecule has 0 aromatic rings. The molecule has 0 radical (unpaired) electrons. The lowest BCUT2D eigenvalue weighted by Crippen LogP contribution is -2.11. The van der Waals surface area contributed by atoms with Crippen LogP contribution in [0.4, 0.5) is 0 Å². The largest absolute Gasteiger partial charge is 0.469 e. The molecule has 0 aliphatic heterocycles. The normalized spacial score (nSPS) is 11.5. The van der Waals surface area contributed by atoms with Gasteiger partial charge in [-0.15, -0.1) is 0 Å². The molecule has 132 valence electrons. The van der Waals surface area contributed by atoms with E-state index in [0.29, 0.717) is 6.42 Å². The smallest absolute Gasteiger partial charge is 0.305 e. The number of hydrogen-bond donors (Lipinski definition) is 1. The van der Waals surface area contributed by atoms with E-state index in [1.165, 1.54) is 7.11 Å². The summed E-state index contributed by atoms with van der Waals surface area (Å²) >= 11 is 4.06. The van der Waals surface area contributed by atoms with Gasteiger partial charge < -0.3 is 19.0 Å². The quantitative estimate of drug-likeness (QED) is 0.195. The topological polar surface area (TPSA) is 61.8 Å². The Morgan fingerprint density at radius 1 is 1.09 bits per heavy atom. The van der Waals surface area contributed by atoms with Gasteiger partial charge in [0.1, 0.15) is 6.29 Å². The minimum absolute atomic E-state index is 0.0370. The molecule has 0 heterocycles. The fourth-order valence-corrected chi connectivity index (χ4v) is 1.85. The van der Waals surface area contributed by atoms with Gasteiger partial charge in [-0.1, -0.05) is 19.3 Å². The van der Waals surface area contributed by atoms with E-state index >= 15 is 0 Å².